The van der Waals surface area contributed by atoms with Gasteiger partial charge in [-0.2, -0.15) is 5.26 Å². The molecule has 1 aliphatic heterocycles. The molecular formula is C30H27ClN4O4S. The summed E-state index contributed by atoms with van der Waals surface area (Å²) < 4.78 is 10.6. The highest BCUT2D eigenvalue weighted by molar-refractivity contribution is 8.03. The Morgan fingerprint density at radius 3 is 2.27 bits per heavy atom. The third-order valence-electron chi connectivity index (χ3n) is 6.15. The normalized spacial score (nSPS) is 14.6. The molecule has 1 heterocycles. The van der Waals surface area contributed by atoms with Crippen LogP contribution in [0.1, 0.15) is 18.4 Å². The first-order valence-corrected chi connectivity index (χ1v) is 13.6. The van der Waals surface area contributed by atoms with Crippen LogP contribution in [0.15, 0.2) is 94.7 Å². The molecular weight excluding hydrogens is 548 g/mol. The topological polar surface area (TPSA) is 112 Å². The number of hydrogen-bond acceptors (Lipinski definition) is 7. The Bertz CT molecular complexity index is 1520. The smallest absolute Gasteiger partial charge is 0.254 e. The minimum absolute atomic E-state index is 0.0120. The predicted octanol–water partition coefficient (Wildman–Crippen LogP) is 6.06. The number of anilines is 2. The molecule has 10 heteroatoms. The highest BCUT2D eigenvalue weighted by atomic mass is 35.5. The summed E-state index contributed by atoms with van der Waals surface area (Å²) in [4.78, 5) is 26.4. The van der Waals surface area contributed by atoms with Crippen LogP contribution in [-0.4, -0.2) is 31.8 Å². The monoisotopic (exact) mass is 574 g/mol. The third kappa shape index (κ3) is 6.42. The van der Waals surface area contributed by atoms with Crippen LogP contribution in [0.4, 0.5) is 11.4 Å². The molecule has 0 aromatic heterocycles. The van der Waals surface area contributed by atoms with E-state index in [2.05, 4.69) is 22.0 Å². The van der Waals surface area contributed by atoms with Gasteiger partial charge in [0.05, 0.1) is 53.3 Å². The van der Waals surface area contributed by atoms with Gasteiger partial charge in [-0.15, -0.1) is 0 Å². The first kappa shape index (κ1) is 28.6. The van der Waals surface area contributed by atoms with Crippen LogP contribution in [0.25, 0.3) is 0 Å². The van der Waals surface area contributed by atoms with E-state index >= 15 is 0 Å². The van der Waals surface area contributed by atoms with Crippen molar-refractivity contribution in [2.75, 3.05) is 30.6 Å². The SMILES string of the molecule is COc1cc(NC(=O)CSC2=C(C#N)C(c3ccccc3)C(C(=O)Nc3ccccc3)=C(C)N2)c(OC)cc1Cl. The van der Waals surface area contributed by atoms with E-state index in [1.807, 2.05) is 48.5 Å². The number of hydrogen-bond donors (Lipinski definition) is 3. The number of carbonyl (C=O) groups excluding carboxylic acids is 2. The van der Waals surface area contributed by atoms with Crippen molar-refractivity contribution in [3.63, 3.8) is 0 Å². The molecule has 1 aliphatic rings. The number of nitrogens with one attached hydrogen (secondary N) is 3. The average Bonchev–Trinajstić information content (AvgIpc) is 2.97. The zero-order valence-corrected chi connectivity index (χ0v) is 23.7. The van der Waals surface area contributed by atoms with Crippen molar-refractivity contribution in [2.24, 2.45) is 0 Å². The largest absolute Gasteiger partial charge is 0.495 e. The quantitative estimate of drug-likeness (QED) is 0.284. The van der Waals surface area contributed by atoms with Crippen molar-refractivity contribution in [3.05, 3.63) is 105 Å². The van der Waals surface area contributed by atoms with E-state index in [4.69, 9.17) is 21.1 Å². The Hall–Kier alpha value is -4.39. The first-order valence-electron chi connectivity index (χ1n) is 12.2. The van der Waals surface area contributed by atoms with Gasteiger partial charge in [0, 0.05) is 29.1 Å². The van der Waals surface area contributed by atoms with E-state index in [0.717, 1.165) is 5.56 Å². The van der Waals surface area contributed by atoms with Crippen molar-refractivity contribution in [3.8, 4) is 17.6 Å². The van der Waals surface area contributed by atoms with Gasteiger partial charge in [-0.3, -0.25) is 9.59 Å². The minimum Gasteiger partial charge on any atom is -0.495 e. The summed E-state index contributed by atoms with van der Waals surface area (Å²) in [6.45, 7) is 1.79. The number of thioether (sulfide) groups is 1. The van der Waals surface area contributed by atoms with Crippen molar-refractivity contribution in [1.29, 1.82) is 5.26 Å². The number of allylic oxidation sites excluding steroid dienone is 2. The second kappa shape index (κ2) is 13.1. The standard InChI is InChI=1S/C30H27ClN4O4S/c1-18-27(29(37)34-20-12-8-5-9-13-20)28(19-10-6-4-7-11-19)21(16-32)30(33-18)40-17-26(36)35-23-15-24(38-2)22(31)14-25(23)39-3/h4-15,28,33H,17H2,1-3H3,(H,34,37)(H,35,36). The van der Waals surface area contributed by atoms with E-state index < -0.39 is 5.92 Å². The zero-order valence-electron chi connectivity index (χ0n) is 22.1. The summed E-state index contributed by atoms with van der Waals surface area (Å²) in [5.41, 5.74) is 3.20. The molecule has 0 aliphatic carbocycles. The molecule has 2 amide bonds. The van der Waals surface area contributed by atoms with E-state index in [1.54, 1.807) is 31.2 Å². The van der Waals surface area contributed by atoms with Crippen LogP contribution in [0.3, 0.4) is 0 Å². The van der Waals surface area contributed by atoms with Crippen LogP contribution in [0.5, 0.6) is 11.5 Å². The summed E-state index contributed by atoms with van der Waals surface area (Å²) in [7, 11) is 2.95. The number of rotatable bonds is 9. The second-order valence-electron chi connectivity index (χ2n) is 8.71. The fourth-order valence-electron chi connectivity index (χ4n) is 4.31. The molecule has 0 spiro atoms. The van der Waals surface area contributed by atoms with Crippen LogP contribution < -0.4 is 25.4 Å². The van der Waals surface area contributed by atoms with Gasteiger partial charge in [0.2, 0.25) is 5.91 Å². The summed E-state index contributed by atoms with van der Waals surface area (Å²) in [5, 5.41) is 20.1. The maximum atomic E-state index is 13.5. The Morgan fingerprint density at radius 1 is 1.00 bits per heavy atom. The molecule has 8 nitrogen and oxygen atoms in total. The molecule has 40 heavy (non-hydrogen) atoms. The van der Waals surface area contributed by atoms with Gasteiger partial charge < -0.3 is 25.4 Å². The third-order valence-corrected chi connectivity index (χ3v) is 7.46. The number of ether oxygens (including phenoxy) is 2. The lowest BCUT2D eigenvalue weighted by molar-refractivity contribution is -0.114. The number of amides is 2. The van der Waals surface area contributed by atoms with Crippen LogP contribution in [0, 0.1) is 11.3 Å². The average molecular weight is 575 g/mol. The van der Waals surface area contributed by atoms with Gasteiger partial charge in [-0.1, -0.05) is 71.9 Å². The van der Waals surface area contributed by atoms with Gasteiger partial charge >= 0.3 is 0 Å². The first-order chi connectivity index (χ1) is 19.4. The molecule has 204 valence electrons. The van der Waals surface area contributed by atoms with Crippen molar-refractivity contribution in [2.45, 2.75) is 12.8 Å². The van der Waals surface area contributed by atoms with Crippen molar-refractivity contribution >= 4 is 46.6 Å². The van der Waals surface area contributed by atoms with Crippen LogP contribution >= 0.6 is 23.4 Å². The number of nitriles is 1. The van der Waals surface area contributed by atoms with E-state index in [-0.39, 0.29) is 17.6 Å². The lowest BCUT2D eigenvalue weighted by Gasteiger charge is -2.30. The summed E-state index contributed by atoms with van der Waals surface area (Å²) in [5.74, 6) is -0.506. The molecule has 1 unspecified atom stereocenters. The maximum absolute atomic E-state index is 13.5. The van der Waals surface area contributed by atoms with Gasteiger partial charge in [0.1, 0.15) is 11.5 Å². The molecule has 1 atom stereocenters. The molecule has 0 saturated carbocycles. The number of benzene rings is 3. The lowest BCUT2D eigenvalue weighted by Crippen LogP contribution is -2.31. The van der Waals surface area contributed by atoms with E-state index in [1.165, 1.54) is 26.0 Å². The van der Waals surface area contributed by atoms with Crippen LogP contribution in [-0.2, 0) is 9.59 Å². The number of nitrogens with zero attached hydrogens (tertiary/aromatic N) is 1. The van der Waals surface area contributed by atoms with Gasteiger partial charge in [0.15, 0.2) is 0 Å². The van der Waals surface area contributed by atoms with Gasteiger partial charge in [-0.25, -0.2) is 0 Å². The van der Waals surface area contributed by atoms with Crippen molar-refractivity contribution < 1.29 is 19.1 Å². The zero-order chi connectivity index (χ0) is 28.6. The summed E-state index contributed by atoms with van der Waals surface area (Å²) in [6, 6.07) is 23.9. The Kier molecular flexibility index (Phi) is 9.38. The van der Waals surface area contributed by atoms with Crippen molar-refractivity contribution in [1.82, 2.24) is 5.32 Å². The number of halogens is 1. The summed E-state index contributed by atoms with van der Waals surface area (Å²) in [6.07, 6.45) is 0. The number of methoxy groups -OCH3 is 2. The van der Waals surface area contributed by atoms with Gasteiger partial charge in [0.25, 0.3) is 5.91 Å². The molecule has 3 aromatic rings. The Balaban J connectivity index is 1.60. The molecule has 0 saturated heterocycles. The molecule has 3 aromatic carbocycles. The summed E-state index contributed by atoms with van der Waals surface area (Å²) >= 11 is 7.34. The van der Waals surface area contributed by atoms with Crippen LogP contribution in [0.2, 0.25) is 5.02 Å². The fraction of sp³-hybridized carbons (Fsp3) is 0.167. The minimum atomic E-state index is -0.623. The molecule has 4 rings (SSSR count). The fourth-order valence-corrected chi connectivity index (χ4v) is 5.43. The second-order valence-corrected chi connectivity index (χ2v) is 10.1. The molecule has 0 bridgehead atoms. The number of dihydropyridines is 1. The molecule has 0 radical (unpaired) electrons. The highest BCUT2D eigenvalue weighted by Gasteiger charge is 2.34. The Morgan fingerprint density at radius 2 is 1.65 bits per heavy atom. The maximum Gasteiger partial charge on any atom is 0.254 e. The molecule has 3 N–H and O–H groups in total. The number of para-hydroxylation sites is 1. The lowest BCUT2D eigenvalue weighted by atomic mass is 9.82. The van der Waals surface area contributed by atoms with Gasteiger partial charge in [-0.05, 0) is 24.6 Å². The Labute approximate surface area is 242 Å². The highest BCUT2D eigenvalue weighted by Crippen LogP contribution is 2.41. The van der Waals surface area contributed by atoms with E-state index in [9.17, 15) is 14.9 Å². The molecule has 0 fully saturated rings. The number of carbonyl (C=O) groups is 2. The predicted molar refractivity (Wildman–Crippen MR) is 158 cm³/mol. The van der Waals surface area contributed by atoms with E-state index in [0.29, 0.717) is 49.8 Å².